The van der Waals surface area contributed by atoms with E-state index in [1.165, 1.54) is 0 Å². The van der Waals surface area contributed by atoms with Crippen LogP contribution in [-0.2, 0) is 0 Å². The number of rotatable bonds is 3. The van der Waals surface area contributed by atoms with Crippen molar-refractivity contribution in [3.8, 4) is 5.75 Å². The highest BCUT2D eigenvalue weighted by molar-refractivity contribution is 6.41. The van der Waals surface area contributed by atoms with Gasteiger partial charge >= 0.3 is 0 Å². The number of ether oxygens (including phenoxy) is 1. The van der Waals surface area contributed by atoms with E-state index in [-0.39, 0.29) is 5.78 Å². The standard InChI is InChI=1S/C22H16O2/c1-24-17-13-11-16(12-14-17)20-18-9-5-6-10-19(18)22(23)21(20)15-7-3-2-4-8-15/h2-14H,1H3. The molecule has 0 N–H and O–H groups in total. The third kappa shape index (κ3) is 2.24. The Morgan fingerprint density at radius 3 is 1.88 bits per heavy atom. The van der Waals surface area contributed by atoms with Gasteiger partial charge in [0.05, 0.1) is 7.11 Å². The molecule has 0 heterocycles. The fourth-order valence-corrected chi connectivity index (χ4v) is 3.22. The van der Waals surface area contributed by atoms with E-state index in [1.54, 1.807) is 7.11 Å². The van der Waals surface area contributed by atoms with E-state index < -0.39 is 0 Å². The molecule has 0 amide bonds. The molecule has 0 unspecified atom stereocenters. The predicted octanol–water partition coefficient (Wildman–Crippen LogP) is 4.85. The maximum absolute atomic E-state index is 13.0. The number of carbonyl (C=O) groups is 1. The molecule has 0 saturated carbocycles. The summed E-state index contributed by atoms with van der Waals surface area (Å²) in [7, 11) is 1.65. The lowest BCUT2D eigenvalue weighted by Gasteiger charge is -2.09. The van der Waals surface area contributed by atoms with Crippen LogP contribution in [0.25, 0.3) is 11.1 Å². The minimum atomic E-state index is 0.0858. The van der Waals surface area contributed by atoms with Crippen molar-refractivity contribution < 1.29 is 9.53 Å². The van der Waals surface area contributed by atoms with Crippen LogP contribution < -0.4 is 4.74 Å². The van der Waals surface area contributed by atoms with Crippen LogP contribution in [0.3, 0.4) is 0 Å². The third-order valence-electron chi connectivity index (χ3n) is 4.36. The molecule has 3 aromatic rings. The molecule has 0 aliphatic heterocycles. The maximum atomic E-state index is 13.0. The molecular weight excluding hydrogens is 296 g/mol. The van der Waals surface area contributed by atoms with Crippen LogP contribution in [0.4, 0.5) is 0 Å². The van der Waals surface area contributed by atoms with Crippen molar-refractivity contribution in [3.63, 3.8) is 0 Å². The lowest BCUT2D eigenvalue weighted by atomic mass is 9.94. The SMILES string of the molecule is COc1ccc(C2=C(c3ccccc3)C(=O)c3ccccc32)cc1. The van der Waals surface area contributed by atoms with E-state index in [4.69, 9.17) is 4.74 Å². The maximum Gasteiger partial charge on any atom is 0.194 e. The fraction of sp³-hybridized carbons (Fsp3) is 0.0455. The van der Waals surface area contributed by atoms with Gasteiger partial charge in [-0.05, 0) is 28.8 Å². The minimum Gasteiger partial charge on any atom is -0.497 e. The summed E-state index contributed by atoms with van der Waals surface area (Å²) < 4.78 is 5.25. The van der Waals surface area contributed by atoms with Gasteiger partial charge in [-0.25, -0.2) is 0 Å². The molecule has 0 saturated heterocycles. The molecule has 2 heteroatoms. The largest absolute Gasteiger partial charge is 0.497 e. The van der Waals surface area contributed by atoms with Gasteiger partial charge in [-0.15, -0.1) is 0 Å². The van der Waals surface area contributed by atoms with Crippen LogP contribution >= 0.6 is 0 Å². The molecule has 24 heavy (non-hydrogen) atoms. The van der Waals surface area contributed by atoms with Crippen LogP contribution in [0.15, 0.2) is 78.9 Å². The normalized spacial score (nSPS) is 13.1. The Morgan fingerprint density at radius 1 is 0.625 bits per heavy atom. The van der Waals surface area contributed by atoms with E-state index in [9.17, 15) is 4.79 Å². The lowest BCUT2D eigenvalue weighted by Crippen LogP contribution is -1.98. The van der Waals surface area contributed by atoms with Gasteiger partial charge in [0.1, 0.15) is 5.75 Å². The highest BCUT2D eigenvalue weighted by Crippen LogP contribution is 2.42. The first-order valence-electron chi connectivity index (χ1n) is 7.88. The molecule has 0 bridgehead atoms. The van der Waals surface area contributed by atoms with Gasteiger partial charge < -0.3 is 4.74 Å². The Labute approximate surface area is 141 Å². The van der Waals surface area contributed by atoms with Gasteiger partial charge in [-0.3, -0.25) is 4.79 Å². The average Bonchev–Trinajstić information content (AvgIpc) is 2.95. The first-order valence-corrected chi connectivity index (χ1v) is 7.88. The van der Waals surface area contributed by atoms with E-state index in [2.05, 4.69) is 0 Å². The molecule has 3 aromatic carbocycles. The molecule has 0 radical (unpaired) electrons. The predicted molar refractivity (Wildman–Crippen MR) is 96.1 cm³/mol. The highest BCUT2D eigenvalue weighted by atomic mass is 16.5. The second kappa shape index (κ2) is 5.82. The quantitative estimate of drug-likeness (QED) is 0.691. The number of methoxy groups -OCH3 is 1. The average molecular weight is 312 g/mol. The van der Waals surface area contributed by atoms with Crippen molar-refractivity contribution in [3.05, 3.63) is 101 Å². The molecule has 1 aliphatic rings. The number of ketones is 1. The molecular formula is C22H16O2. The number of hydrogen-bond acceptors (Lipinski definition) is 2. The molecule has 0 atom stereocenters. The van der Waals surface area contributed by atoms with Crippen molar-refractivity contribution in [2.45, 2.75) is 0 Å². The molecule has 0 fully saturated rings. The summed E-state index contributed by atoms with van der Waals surface area (Å²) in [5, 5.41) is 0. The molecule has 2 nitrogen and oxygen atoms in total. The first kappa shape index (κ1) is 14.5. The van der Waals surface area contributed by atoms with Crippen molar-refractivity contribution >= 4 is 16.9 Å². The van der Waals surface area contributed by atoms with Crippen molar-refractivity contribution in [2.75, 3.05) is 7.11 Å². The van der Waals surface area contributed by atoms with E-state index >= 15 is 0 Å². The highest BCUT2D eigenvalue weighted by Gasteiger charge is 2.30. The second-order valence-corrected chi connectivity index (χ2v) is 5.72. The van der Waals surface area contributed by atoms with Crippen molar-refractivity contribution in [1.82, 2.24) is 0 Å². The smallest absolute Gasteiger partial charge is 0.194 e. The van der Waals surface area contributed by atoms with Crippen molar-refractivity contribution in [1.29, 1.82) is 0 Å². The molecule has 4 rings (SSSR count). The Kier molecular flexibility index (Phi) is 3.51. The number of allylic oxidation sites excluding steroid dienone is 1. The zero-order valence-electron chi connectivity index (χ0n) is 13.3. The van der Waals surface area contributed by atoms with Gasteiger partial charge in [0.2, 0.25) is 0 Å². The second-order valence-electron chi connectivity index (χ2n) is 5.72. The summed E-state index contributed by atoms with van der Waals surface area (Å²) in [6.45, 7) is 0. The van der Waals surface area contributed by atoms with Gasteiger partial charge in [-0.2, -0.15) is 0 Å². The van der Waals surface area contributed by atoms with E-state index in [0.29, 0.717) is 0 Å². The third-order valence-corrected chi connectivity index (χ3v) is 4.36. The zero-order valence-corrected chi connectivity index (χ0v) is 13.3. The molecule has 1 aliphatic carbocycles. The topological polar surface area (TPSA) is 26.3 Å². The van der Waals surface area contributed by atoms with Crippen LogP contribution in [0, 0.1) is 0 Å². The number of hydrogen-bond donors (Lipinski definition) is 0. The van der Waals surface area contributed by atoms with Crippen LogP contribution in [0.1, 0.15) is 27.0 Å². The van der Waals surface area contributed by atoms with Crippen LogP contribution in [0.2, 0.25) is 0 Å². The lowest BCUT2D eigenvalue weighted by molar-refractivity contribution is 0.105. The number of Topliss-reactive ketones (excluding diaryl/α,β-unsaturated/α-hetero) is 1. The number of carbonyl (C=O) groups excluding carboxylic acids is 1. The van der Waals surface area contributed by atoms with Gasteiger partial charge in [0, 0.05) is 16.7 Å². The summed E-state index contributed by atoms with van der Waals surface area (Å²) >= 11 is 0. The van der Waals surface area contributed by atoms with Gasteiger partial charge in [0.15, 0.2) is 5.78 Å². The Morgan fingerprint density at radius 2 is 1.21 bits per heavy atom. The van der Waals surface area contributed by atoms with E-state index in [0.717, 1.165) is 39.1 Å². The Bertz CT molecular complexity index is 935. The van der Waals surface area contributed by atoms with E-state index in [1.807, 2.05) is 78.9 Å². The summed E-state index contributed by atoms with van der Waals surface area (Å²) in [6, 6.07) is 25.5. The Balaban J connectivity index is 1.98. The molecule has 0 aromatic heterocycles. The summed E-state index contributed by atoms with van der Waals surface area (Å²) in [6.07, 6.45) is 0. The van der Waals surface area contributed by atoms with Crippen molar-refractivity contribution in [2.24, 2.45) is 0 Å². The minimum absolute atomic E-state index is 0.0858. The number of fused-ring (bicyclic) bond motifs is 1. The Hall–Kier alpha value is -3.13. The summed E-state index contributed by atoms with van der Waals surface area (Å²) in [4.78, 5) is 13.0. The number of benzene rings is 3. The van der Waals surface area contributed by atoms with Gasteiger partial charge in [0.25, 0.3) is 0 Å². The van der Waals surface area contributed by atoms with Crippen LogP contribution in [0.5, 0.6) is 5.75 Å². The first-order chi connectivity index (χ1) is 11.8. The fourth-order valence-electron chi connectivity index (χ4n) is 3.22. The van der Waals surface area contributed by atoms with Gasteiger partial charge in [-0.1, -0.05) is 66.7 Å². The monoisotopic (exact) mass is 312 g/mol. The van der Waals surface area contributed by atoms with Crippen LogP contribution in [-0.4, -0.2) is 12.9 Å². The summed E-state index contributed by atoms with van der Waals surface area (Å²) in [5.74, 6) is 0.890. The molecule has 116 valence electrons. The summed E-state index contributed by atoms with van der Waals surface area (Å²) in [5.41, 5.74) is 5.48. The molecule has 0 spiro atoms. The zero-order chi connectivity index (χ0) is 16.5.